The average molecular weight is 793 g/mol. The number of morpholine rings is 1. The summed E-state index contributed by atoms with van der Waals surface area (Å²) in [6, 6.07) is 10.8. The Morgan fingerprint density at radius 3 is 2.04 bits per heavy atom. The largest absolute Gasteiger partial charge is 0.508 e. The summed E-state index contributed by atoms with van der Waals surface area (Å²) in [5, 5.41) is 11.3. The summed E-state index contributed by atoms with van der Waals surface area (Å²) in [7, 11) is 1.23. The van der Waals surface area contributed by atoms with Crippen LogP contribution in [-0.4, -0.2) is 71.9 Å². The van der Waals surface area contributed by atoms with Crippen LogP contribution in [0.1, 0.15) is 24.3 Å². The van der Waals surface area contributed by atoms with Crippen molar-refractivity contribution in [3.63, 3.8) is 0 Å². The van der Waals surface area contributed by atoms with Gasteiger partial charge < -0.3 is 19.5 Å². The van der Waals surface area contributed by atoms with Crippen molar-refractivity contribution < 1.29 is 55.7 Å². The molecule has 17 heteroatoms. The maximum atomic E-state index is 15.3. The molecule has 54 heavy (non-hydrogen) atoms. The van der Waals surface area contributed by atoms with Gasteiger partial charge in [0.15, 0.2) is 33.0 Å². The highest BCUT2D eigenvalue weighted by Crippen LogP contribution is 2.67. The molecule has 10 nitrogen and oxygen atoms in total. The lowest BCUT2D eigenvalue weighted by atomic mass is 9.56. The second-order valence-corrected chi connectivity index (χ2v) is 15.0. The van der Waals surface area contributed by atoms with E-state index in [4.69, 9.17) is 32.7 Å². The summed E-state index contributed by atoms with van der Waals surface area (Å²) in [6.45, 7) is 2.37. The molecule has 3 heterocycles. The fourth-order valence-corrected chi connectivity index (χ4v) is 9.69. The van der Waals surface area contributed by atoms with E-state index in [1.807, 2.05) is 0 Å². The highest BCUT2D eigenvalue weighted by Gasteiger charge is 2.77. The molecule has 0 radical (unpaired) electrons. The third-order valence-corrected chi connectivity index (χ3v) is 12.7. The first kappa shape index (κ1) is 36.3. The Kier molecular flexibility index (Phi) is 8.51. The first-order valence-corrected chi connectivity index (χ1v) is 17.6. The Labute approximate surface area is 313 Å². The Bertz CT molecular complexity index is 2170. The van der Waals surface area contributed by atoms with Crippen LogP contribution in [0.4, 0.5) is 39.0 Å². The summed E-state index contributed by atoms with van der Waals surface area (Å²) in [5.74, 6) is -22.5. The summed E-state index contributed by atoms with van der Waals surface area (Å²) in [5.41, 5.74) is -0.813. The molecule has 4 amide bonds. The second kappa shape index (κ2) is 12.7. The van der Waals surface area contributed by atoms with Gasteiger partial charge in [0.05, 0.1) is 37.8 Å². The number of anilines is 3. The van der Waals surface area contributed by atoms with Crippen LogP contribution >= 0.6 is 23.2 Å². The number of hydrogen-bond acceptors (Lipinski definition) is 8. The Balaban J connectivity index is 1.27. The Morgan fingerprint density at radius 2 is 1.41 bits per heavy atom. The highest BCUT2D eigenvalue weighted by molar-refractivity contribution is 6.58. The van der Waals surface area contributed by atoms with Crippen molar-refractivity contribution in [2.75, 3.05) is 48.1 Å². The number of fused-ring (bicyclic) bond motifs is 4. The van der Waals surface area contributed by atoms with Crippen LogP contribution in [0.25, 0.3) is 0 Å². The number of phenols is 1. The topological polar surface area (TPSA) is 117 Å². The predicted octanol–water partition coefficient (Wildman–Crippen LogP) is 5.70. The van der Waals surface area contributed by atoms with E-state index in [1.54, 1.807) is 24.3 Å². The van der Waals surface area contributed by atoms with Crippen LogP contribution in [0.15, 0.2) is 54.1 Å². The highest BCUT2D eigenvalue weighted by atomic mass is 35.5. The minimum absolute atomic E-state index is 0.0679. The van der Waals surface area contributed by atoms with Gasteiger partial charge in [0.25, 0.3) is 11.8 Å². The van der Waals surface area contributed by atoms with Crippen molar-refractivity contribution in [3.05, 3.63) is 88.8 Å². The zero-order chi connectivity index (χ0) is 38.6. The molecule has 2 aliphatic carbocycles. The van der Waals surface area contributed by atoms with Crippen molar-refractivity contribution in [1.82, 2.24) is 0 Å². The molecule has 5 aliphatic rings. The number of halogens is 7. The third-order valence-electron chi connectivity index (χ3n) is 11.3. The number of methoxy groups -OCH3 is 1. The zero-order valence-corrected chi connectivity index (χ0v) is 29.6. The van der Waals surface area contributed by atoms with Gasteiger partial charge in [0.2, 0.25) is 17.6 Å². The summed E-state index contributed by atoms with van der Waals surface area (Å²) < 4.78 is 84.7. The van der Waals surface area contributed by atoms with Gasteiger partial charge in [-0.2, -0.15) is 0 Å². The Hall–Kier alpha value is -4.73. The van der Waals surface area contributed by atoms with Crippen molar-refractivity contribution in [2.24, 2.45) is 17.8 Å². The number of amides is 4. The van der Waals surface area contributed by atoms with E-state index >= 15 is 8.78 Å². The van der Waals surface area contributed by atoms with Crippen LogP contribution in [0.5, 0.6) is 11.5 Å². The molecule has 3 aliphatic heterocycles. The van der Waals surface area contributed by atoms with Crippen molar-refractivity contribution >= 4 is 63.9 Å². The van der Waals surface area contributed by atoms with Gasteiger partial charge >= 0.3 is 0 Å². The van der Waals surface area contributed by atoms with Gasteiger partial charge in [0.1, 0.15) is 17.2 Å². The predicted molar refractivity (Wildman–Crippen MR) is 183 cm³/mol. The fourth-order valence-electron chi connectivity index (χ4n) is 8.77. The number of rotatable bonds is 5. The summed E-state index contributed by atoms with van der Waals surface area (Å²) >= 11 is 14.3. The number of carbonyl (C=O) groups is 4. The summed E-state index contributed by atoms with van der Waals surface area (Å²) in [4.78, 5) is 54.7. The molecule has 6 atom stereocenters. The molecule has 3 saturated heterocycles. The maximum absolute atomic E-state index is 15.3. The molecule has 1 N–H and O–H groups in total. The van der Waals surface area contributed by atoms with Gasteiger partial charge in [-0.3, -0.25) is 24.1 Å². The number of allylic oxidation sites excluding steroid dienone is 2. The molecule has 0 bridgehead atoms. The Morgan fingerprint density at radius 1 is 0.796 bits per heavy atom. The van der Waals surface area contributed by atoms with E-state index in [0.717, 1.165) is 10.6 Å². The number of imide groups is 2. The van der Waals surface area contributed by atoms with Crippen LogP contribution in [-0.2, 0) is 23.9 Å². The molecular weight excluding hydrogens is 764 g/mol. The minimum Gasteiger partial charge on any atom is -0.508 e. The molecule has 3 aromatic rings. The number of alkyl halides is 2. The van der Waals surface area contributed by atoms with Gasteiger partial charge in [-0.25, -0.2) is 26.9 Å². The molecular formula is C37H28Cl2F5N3O7. The van der Waals surface area contributed by atoms with E-state index in [0.29, 0.717) is 26.3 Å². The van der Waals surface area contributed by atoms with Gasteiger partial charge in [-0.1, -0.05) is 17.7 Å². The lowest BCUT2D eigenvalue weighted by molar-refractivity contribution is -0.125. The van der Waals surface area contributed by atoms with E-state index in [9.17, 15) is 37.5 Å². The molecule has 4 fully saturated rings. The monoisotopic (exact) mass is 791 g/mol. The number of aromatic hydroxyl groups is 1. The molecule has 1 saturated carbocycles. The third kappa shape index (κ3) is 4.73. The van der Waals surface area contributed by atoms with Gasteiger partial charge in [0, 0.05) is 30.3 Å². The maximum Gasteiger partial charge on any atom is 0.258 e. The molecule has 0 spiro atoms. The number of hydrogen-bond donors (Lipinski definition) is 1. The van der Waals surface area contributed by atoms with E-state index in [2.05, 4.69) is 4.90 Å². The van der Waals surface area contributed by atoms with Crippen LogP contribution in [0, 0.1) is 46.8 Å². The van der Waals surface area contributed by atoms with Gasteiger partial charge in [-0.05, 0) is 55.2 Å². The van der Waals surface area contributed by atoms with Crippen LogP contribution in [0.3, 0.4) is 0 Å². The number of benzene rings is 3. The fraction of sp³-hybridized carbons (Fsp3) is 0.351. The van der Waals surface area contributed by atoms with Crippen LogP contribution in [0.2, 0.25) is 0 Å². The number of phenolic OH excluding ortho intramolecular Hbond substituents is 1. The molecule has 8 rings (SSSR count). The van der Waals surface area contributed by atoms with Crippen molar-refractivity contribution in [1.29, 1.82) is 0 Å². The normalized spacial score (nSPS) is 29.3. The quantitative estimate of drug-likeness (QED) is 0.0875. The van der Waals surface area contributed by atoms with Crippen molar-refractivity contribution in [2.45, 2.75) is 28.5 Å². The van der Waals surface area contributed by atoms with Crippen LogP contribution < -0.4 is 19.4 Å². The molecule has 0 aromatic heterocycles. The molecule has 282 valence electrons. The summed E-state index contributed by atoms with van der Waals surface area (Å²) in [6.07, 6.45) is 0.788. The van der Waals surface area contributed by atoms with E-state index < -0.39 is 104 Å². The zero-order valence-electron chi connectivity index (χ0n) is 28.1. The van der Waals surface area contributed by atoms with E-state index in [1.165, 1.54) is 31.4 Å². The van der Waals surface area contributed by atoms with Gasteiger partial charge in [-0.15, -0.1) is 23.2 Å². The number of nitrogens with zero attached hydrogens (tertiary/aromatic N) is 3. The number of carbonyl (C=O) groups excluding carboxylic acids is 4. The lowest BCUT2D eigenvalue weighted by Gasteiger charge is -2.50. The lowest BCUT2D eigenvalue weighted by Crippen LogP contribution is -2.60. The number of ether oxygens (including phenoxy) is 2. The molecule has 6 unspecified atom stereocenters. The minimum atomic E-state index is -2.81. The van der Waals surface area contributed by atoms with E-state index in [-0.39, 0.29) is 33.9 Å². The average Bonchev–Trinajstić information content (AvgIpc) is 3.51. The van der Waals surface area contributed by atoms with Crippen molar-refractivity contribution in [3.8, 4) is 11.5 Å². The first-order valence-electron chi connectivity index (χ1n) is 16.8. The first-order chi connectivity index (χ1) is 25.7. The SMILES string of the molecule is COc1cccc(O)c1C1C2=CCC3C(=O)N(c4ccc(N5CCOCC5)cc4)C(=O)C3C2CC2(Cl)C(=O)N(c3c(F)c(F)c(F)c(F)c3F)C(=O)C12Cl. The second-order valence-electron chi connectivity index (χ2n) is 13.7. The standard InChI is InChI=1S/C37H28Cl2F5N3O7/c1-53-22-4-2-3-21(48)24(22)25-18-9-10-19-23(33(50)46(32(19)49)17-7-5-16(6-8-17)45-11-13-54-14-12-45)20(18)15-36(38)34(51)47(35(52)37(25,36)39)31-29(43)27(41)26(40)28(42)30(31)44/h2-9,19-20,23,25,48H,10-15H2,1H3. The molecule has 3 aromatic carbocycles. The smallest absolute Gasteiger partial charge is 0.258 e.